The predicted molar refractivity (Wildman–Crippen MR) is 403 cm³/mol. The summed E-state index contributed by atoms with van der Waals surface area (Å²) in [4.78, 5) is 85.1. The lowest BCUT2D eigenvalue weighted by atomic mass is 9.83. The molecule has 0 fully saturated rings. The first-order chi connectivity index (χ1) is 48.5. The van der Waals surface area contributed by atoms with Crippen molar-refractivity contribution in [3.05, 3.63) is 262 Å². The number of hydrogen-bond donors (Lipinski definition) is 6. The second-order valence-electron chi connectivity index (χ2n) is 27.5. The fraction of sp³-hybridized carbons (Fsp3) is 0.376. The van der Waals surface area contributed by atoms with Gasteiger partial charge in [0, 0.05) is 36.7 Å². The van der Waals surface area contributed by atoms with Crippen LogP contribution in [0.15, 0.2) is 211 Å². The minimum atomic E-state index is -0.919. The molecule has 0 saturated carbocycles. The fourth-order valence-electron chi connectivity index (χ4n) is 12.7. The number of para-hydroxylation sites is 2. The number of hydrogen-bond acceptors (Lipinski definition) is 12. The van der Waals surface area contributed by atoms with Gasteiger partial charge in [0.2, 0.25) is 5.91 Å². The van der Waals surface area contributed by atoms with Crippen molar-refractivity contribution in [3.63, 3.8) is 0 Å². The zero-order valence-electron chi connectivity index (χ0n) is 60.1. The van der Waals surface area contributed by atoms with Crippen LogP contribution in [-0.2, 0) is 49.7 Å². The Kier molecular flexibility index (Phi) is 32.5. The van der Waals surface area contributed by atoms with Crippen molar-refractivity contribution in [2.24, 2.45) is 23.7 Å². The molecule has 6 N–H and O–H groups in total. The number of Topliss-reactive ketones (excluding diaryl/α,β-unsaturated/α-hetero) is 2. The van der Waals surface area contributed by atoms with Crippen molar-refractivity contribution < 1.29 is 48.5 Å². The van der Waals surface area contributed by atoms with Gasteiger partial charge in [0.15, 0.2) is 24.8 Å². The highest BCUT2D eigenvalue weighted by Gasteiger charge is 2.33. The maximum atomic E-state index is 14.0. The van der Waals surface area contributed by atoms with E-state index in [2.05, 4.69) is 26.3 Å². The average molecular weight is 1390 g/mol. The van der Waals surface area contributed by atoms with E-state index in [-0.39, 0.29) is 91.7 Å². The van der Waals surface area contributed by atoms with Gasteiger partial charge in [0.05, 0.1) is 35.1 Å². The van der Waals surface area contributed by atoms with Crippen molar-refractivity contribution in [2.75, 3.05) is 19.0 Å². The number of benzene rings is 7. The molecular weight excluding hydrogens is 1280 g/mol. The van der Waals surface area contributed by atoms with E-state index in [1.807, 2.05) is 256 Å². The molecule has 16 heteroatoms. The molecule has 8 aromatic rings. The molecule has 15 nitrogen and oxygen atoms in total. The van der Waals surface area contributed by atoms with Gasteiger partial charge in [-0.2, -0.15) is 0 Å². The molecule has 0 radical (unpaired) electrons. The minimum Gasteiger partial charge on any atom is -0.483 e. The Bertz CT molecular complexity index is 3820. The standard InChI is InChI=1S/C43H52N2O5.C42H51N3O5S/c1-29(2)22-38(45-43(49)35-21-12-14-30(3)23-35)40(47)26-36(24-33-17-8-6-9-18-33)39(46)27-37(25-34-19-10-7-11-20-34)44-41(48)28-50-42-31(4)15-13-16-32(42)5;1-29(2)22-36(45-40(49)28-51-41-20-11-12-21-43-41)38(47)25-34(23-32-16-7-5-8-17-32)37(46)26-35(24-33-18-9-6-10-19-33)44-39(48)27-50-42-30(3)14-13-15-31(42)4/h6-21,23,29,36-39,46H,22,24-28H2,1-5H3,(H,44,48)(H,45,49);5-21,29,34-37,46H,22-28H2,1-4H3,(H,44,48)(H,45,49)/t36-,37+,38+,39+;34-,35+,36+,37+/m11/s1. The summed E-state index contributed by atoms with van der Waals surface area (Å²) in [7, 11) is 0. The first-order valence-corrected chi connectivity index (χ1v) is 36.3. The summed E-state index contributed by atoms with van der Waals surface area (Å²) in [6.07, 6.45) is 3.36. The molecule has 8 rings (SSSR count). The first-order valence-electron chi connectivity index (χ1n) is 35.3. The van der Waals surface area contributed by atoms with Crippen molar-refractivity contribution in [3.8, 4) is 11.5 Å². The van der Waals surface area contributed by atoms with E-state index in [1.54, 1.807) is 12.3 Å². The summed E-state index contributed by atoms with van der Waals surface area (Å²) < 4.78 is 11.9. The number of ketones is 2. The molecule has 101 heavy (non-hydrogen) atoms. The van der Waals surface area contributed by atoms with Crippen LogP contribution >= 0.6 is 11.8 Å². The maximum absolute atomic E-state index is 14.0. The first kappa shape index (κ1) is 79.1. The van der Waals surface area contributed by atoms with Gasteiger partial charge in [0.25, 0.3) is 17.7 Å². The van der Waals surface area contributed by atoms with Crippen molar-refractivity contribution in [1.82, 2.24) is 26.3 Å². The quantitative estimate of drug-likeness (QED) is 0.0199. The number of aryl methyl sites for hydroxylation is 5. The number of thioether (sulfide) groups is 1. The highest BCUT2D eigenvalue weighted by atomic mass is 32.2. The van der Waals surface area contributed by atoms with Crippen LogP contribution in [0.25, 0.3) is 0 Å². The molecule has 534 valence electrons. The number of nitrogens with zero attached hydrogens (tertiary/aromatic N) is 1. The average Bonchev–Trinajstić information content (AvgIpc) is 0.869. The molecule has 7 aromatic carbocycles. The number of amides is 4. The monoisotopic (exact) mass is 1390 g/mol. The Morgan fingerprint density at radius 1 is 0.426 bits per heavy atom. The largest absolute Gasteiger partial charge is 0.483 e. The van der Waals surface area contributed by atoms with Gasteiger partial charge in [-0.15, -0.1) is 0 Å². The van der Waals surface area contributed by atoms with Crippen LogP contribution in [0.1, 0.15) is 127 Å². The van der Waals surface area contributed by atoms with Crippen LogP contribution < -0.4 is 30.7 Å². The summed E-state index contributed by atoms with van der Waals surface area (Å²) in [5.74, 6) is -0.392. The van der Waals surface area contributed by atoms with E-state index < -0.39 is 48.2 Å². The number of carbonyl (C=O) groups is 6. The molecular formula is C85H103N5O10S. The number of aliphatic hydroxyl groups is 2. The molecule has 0 unspecified atom stereocenters. The van der Waals surface area contributed by atoms with E-state index in [9.17, 15) is 39.0 Å². The summed E-state index contributed by atoms with van der Waals surface area (Å²) in [6.45, 7) is 17.5. The zero-order valence-corrected chi connectivity index (χ0v) is 60.9. The SMILES string of the molecule is Cc1cccc(C(=O)N[C@@H](CC(C)C)C(=O)C[C@@H](Cc2ccccc2)[C@@H](O)C[C@H](Cc2ccccc2)NC(=O)COc2c(C)cccc2C)c1.Cc1cccc(C)c1OCC(=O)N[C@@H](Cc1ccccc1)C[C@H](O)[C@@H](CC(=O)[C@H](CC(C)C)NC(=O)CSc1ccccn1)Cc1ccccc1. The van der Waals surface area contributed by atoms with Gasteiger partial charge < -0.3 is 41.0 Å². The molecule has 0 aliphatic rings. The lowest BCUT2D eigenvalue weighted by Crippen LogP contribution is -2.45. The molecule has 1 heterocycles. The molecule has 0 spiro atoms. The normalized spacial score (nSPS) is 13.6. The third-order valence-electron chi connectivity index (χ3n) is 17.7. The Balaban J connectivity index is 0.000000283. The van der Waals surface area contributed by atoms with Crippen LogP contribution in [0.2, 0.25) is 0 Å². The van der Waals surface area contributed by atoms with Crippen LogP contribution in [0.4, 0.5) is 0 Å². The summed E-state index contributed by atoms with van der Waals surface area (Å²) in [6, 6.07) is 61.6. The van der Waals surface area contributed by atoms with Crippen LogP contribution in [-0.4, -0.2) is 106 Å². The second-order valence-corrected chi connectivity index (χ2v) is 28.5. The number of rotatable bonds is 38. The summed E-state index contributed by atoms with van der Waals surface area (Å²) in [5, 5.41) is 36.7. The van der Waals surface area contributed by atoms with Crippen LogP contribution in [0.3, 0.4) is 0 Å². The van der Waals surface area contributed by atoms with Gasteiger partial charge in [-0.3, -0.25) is 28.8 Å². The number of aromatic nitrogens is 1. The number of nitrogens with one attached hydrogen (secondary N) is 4. The lowest BCUT2D eigenvalue weighted by Gasteiger charge is -2.29. The highest BCUT2D eigenvalue weighted by molar-refractivity contribution is 7.99. The molecule has 4 amide bonds. The third-order valence-corrected chi connectivity index (χ3v) is 18.7. The Hall–Kier alpha value is -9.22. The Labute approximate surface area is 602 Å². The zero-order chi connectivity index (χ0) is 72.6. The van der Waals surface area contributed by atoms with Gasteiger partial charge in [0.1, 0.15) is 11.5 Å². The van der Waals surface area contributed by atoms with Gasteiger partial charge in [-0.05, 0) is 178 Å². The van der Waals surface area contributed by atoms with Crippen molar-refractivity contribution in [2.45, 2.75) is 168 Å². The molecule has 8 atom stereocenters. The van der Waals surface area contributed by atoms with Crippen LogP contribution in [0.5, 0.6) is 11.5 Å². The predicted octanol–water partition coefficient (Wildman–Crippen LogP) is 13.8. The van der Waals surface area contributed by atoms with Crippen molar-refractivity contribution in [1.29, 1.82) is 0 Å². The van der Waals surface area contributed by atoms with Gasteiger partial charge in [-0.1, -0.05) is 221 Å². The summed E-state index contributed by atoms with van der Waals surface area (Å²) >= 11 is 1.32. The lowest BCUT2D eigenvalue weighted by molar-refractivity contribution is -0.128. The molecule has 0 saturated heterocycles. The number of carbonyl (C=O) groups excluding carboxylic acids is 6. The van der Waals surface area contributed by atoms with E-state index in [0.717, 1.165) is 55.1 Å². The molecule has 0 aliphatic heterocycles. The third kappa shape index (κ3) is 28.0. The maximum Gasteiger partial charge on any atom is 0.258 e. The number of aliphatic hydroxyl groups excluding tert-OH is 2. The molecule has 0 aliphatic carbocycles. The van der Waals surface area contributed by atoms with E-state index in [0.29, 0.717) is 55.6 Å². The highest BCUT2D eigenvalue weighted by Crippen LogP contribution is 2.28. The molecule has 1 aromatic heterocycles. The van der Waals surface area contributed by atoms with Gasteiger partial charge in [-0.25, -0.2) is 4.98 Å². The number of ether oxygens (including phenoxy) is 2. The van der Waals surface area contributed by atoms with Crippen molar-refractivity contribution >= 4 is 47.0 Å². The number of pyridine rings is 1. The smallest absolute Gasteiger partial charge is 0.258 e. The van der Waals surface area contributed by atoms with E-state index >= 15 is 0 Å². The molecule has 0 bridgehead atoms. The Morgan fingerprint density at radius 2 is 0.812 bits per heavy atom. The van der Waals surface area contributed by atoms with Crippen LogP contribution in [0, 0.1) is 58.3 Å². The van der Waals surface area contributed by atoms with E-state index in [1.165, 1.54) is 11.8 Å². The van der Waals surface area contributed by atoms with Gasteiger partial charge >= 0.3 is 0 Å². The Morgan fingerprint density at radius 3 is 1.20 bits per heavy atom. The minimum absolute atomic E-state index is 0.0722. The topological polar surface area (TPSA) is 222 Å². The fourth-order valence-corrected chi connectivity index (χ4v) is 13.3. The second kappa shape index (κ2) is 41.5. The summed E-state index contributed by atoms with van der Waals surface area (Å²) in [5.41, 5.74) is 9.31. The van der Waals surface area contributed by atoms with E-state index in [4.69, 9.17) is 9.47 Å².